The van der Waals surface area contributed by atoms with E-state index in [4.69, 9.17) is 11.6 Å². The first-order valence-electron chi connectivity index (χ1n) is 8.66. The first-order chi connectivity index (χ1) is 11.7. The second kappa shape index (κ2) is 7.70. The van der Waals surface area contributed by atoms with Crippen molar-refractivity contribution in [3.8, 4) is 0 Å². The highest BCUT2D eigenvalue weighted by Gasteiger charge is 2.27. The van der Waals surface area contributed by atoms with E-state index in [1.165, 1.54) is 24.8 Å². The third-order valence-corrected chi connectivity index (χ3v) is 4.97. The number of nitrogens with zero attached hydrogens (tertiary/aromatic N) is 2. The van der Waals surface area contributed by atoms with E-state index in [0.29, 0.717) is 16.9 Å². The van der Waals surface area contributed by atoms with Crippen molar-refractivity contribution in [3.63, 3.8) is 0 Å². The van der Waals surface area contributed by atoms with E-state index in [1.807, 2.05) is 36.7 Å². The first kappa shape index (κ1) is 16.8. The van der Waals surface area contributed by atoms with Crippen molar-refractivity contribution in [3.05, 3.63) is 77.1 Å². The van der Waals surface area contributed by atoms with Crippen LogP contribution in [0.25, 0.3) is 0 Å². The molecule has 1 aromatic rings. The smallest absolute Gasteiger partial charge is 0.0825 e. The summed E-state index contributed by atoms with van der Waals surface area (Å²) in [6.45, 7) is 4.55. The summed E-state index contributed by atoms with van der Waals surface area (Å²) in [6.07, 6.45) is 19.8. The van der Waals surface area contributed by atoms with Crippen molar-refractivity contribution in [1.29, 1.82) is 0 Å². The zero-order valence-corrected chi connectivity index (χ0v) is 15.0. The van der Waals surface area contributed by atoms with Gasteiger partial charge in [0.05, 0.1) is 16.9 Å². The molecule has 2 unspecified atom stereocenters. The SMILES string of the molecule is CCCC(CC)C1C=CN(C2=CC=C=C(Cl)C=C2)c2cnccc21. The Balaban J connectivity index is 1.98. The zero-order chi connectivity index (χ0) is 16.9. The van der Waals surface area contributed by atoms with E-state index in [9.17, 15) is 0 Å². The minimum atomic E-state index is 0.455. The van der Waals surface area contributed by atoms with Crippen LogP contribution in [0.1, 0.15) is 44.6 Å². The highest BCUT2D eigenvalue weighted by Crippen LogP contribution is 2.41. The number of anilines is 1. The van der Waals surface area contributed by atoms with Crippen molar-refractivity contribution >= 4 is 17.3 Å². The van der Waals surface area contributed by atoms with E-state index >= 15 is 0 Å². The molecule has 2 atom stereocenters. The molecule has 2 aliphatic rings. The van der Waals surface area contributed by atoms with E-state index in [-0.39, 0.29) is 0 Å². The molecule has 0 fully saturated rings. The molecule has 2 heterocycles. The number of fused-ring (bicyclic) bond motifs is 1. The van der Waals surface area contributed by atoms with Gasteiger partial charge in [0.25, 0.3) is 0 Å². The lowest BCUT2D eigenvalue weighted by Gasteiger charge is -2.34. The summed E-state index contributed by atoms with van der Waals surface area (Å²) in [5.74, 6) is 1.13. The topological polar surface area (TPSA) is 16.1 Å². The summed E-state index contributed by atoms with van der Waals surface area (Å²) in [4.78, 5) is 6.55. The molecule has 0 amide bonds. The number of rotatable bonds is 5. The second-order valence-corrected chi connectivity index (χ2v) is 6.62. The van der Waals surface area contributed by atoms with Crippen molar-refractivity contribution in [2.24, 2.45) is 5.92 Å². The third-order valence-electron chi connectivity index (χ3n) is 4.74. The average molecular weight is 339 g/mol. The van der Waals surface area contributed by atoms with Gasteiger partial charge in [-0.1, -0.05) is 44.4 Å². The Morgan fingerprint density at radius 3 is 3.00 bits per heavy atom. The predicted molar refractivity (Wildman–Crippen MR) is 102 cm³/mol. The van der Waals surface area contributed by atoms with Crippen LogP contribution in [0.3, 0.4) is 0 Å². The summed E-state index contributed by atoms with van der Waals surface area (Å²) in [5, 5.41) is 0.612. The number of hydrogen-bond acceptors (Lipinski definition) is 2. The monoisotopic (exact) mass is 338 g/mol. The molecule has 124 valence electrons. The number of allylic oxidation sites excluding steroid dienone is 5. The Hall–Kier alpha value is -2.02. The van der Waals surface area contributed by atoms with Gasteiger partial charge >= 0.3 is 0 Å². The molecule has 0 saturated carbocycles. The lowest BCUT2D eigenvalue weighted by molar-refractivity contribution is 0.421. The summed E-state index contributed by atoms with van der Waals surface area (Å²) < 4.78 is 0. The van der Waals surface area contributed by atoms with Gasteiger partial charge in [-0.25, -0.2) is 0 Å². The quantitative estimate of drug-likeness (QED) is 0.607. The predicted octanol–water partition coefficient (Wildman–Crippen LogP) is 6.06. The molecule has 0 saturated heterocycles. The summed E-state index contributed by atoms with van der Waals surface area (Å²) in [5.41, 5.74) is 6.59. The Bertz CT molecular complexity index is 751. The minimum absolute atomic E-state index is 0.455. The largest absolute Gasteiger partial charge is 0.316 e. The van der Waals surface area contributed by atoms with Crippen molar-refractivity contribution in [1.82, 2.24) is 4.98 Å². The summed E-state index contributed by atoms with van der Waals surface area (Å²) >= 11 is 6.05. The Morgan fingerprint density at radius 2 is 2.21 bits per heavy atom. The van der Waals surface area contributed by atoms with Crippen molar-refractivity contribution in [2.45, 2.75) is 39.0 Å². The van der Waals surface area contributed by atoms with Gasteiger partial charge in [0.2, 0.25) is 0 Å². The van der Waals surface area contributed by atoms with Crippen LogP contribution in [0, 0.1) is 5.92 Å². The van der Waals surface area contributed by atoms with Crippen LogP contribution in [-0.4, -0.2) is 4.98 Å². The maximum atomic E-state index is 6.05. The molecule has 2 nitrogen and oxygen atoms in total. The number of pyridine rings is 1. The Labute approximate surface area is 149 Å². The lowest BCUT2D eigenvalue weighted by Crippen LogP contribution is -2.23. The molecule has 24 heavy (non-hydrogen) atoms. The van der Waals surface area contributed by atoms with Crippen molar-refractivity contribution < 1.29 is 0 Å². The molecule has 1 aliphatic heterocycles. The molecule has 1 aliphatic carbocycles. The van der Waals surface area contributed by atoms with Gasteiger partial charge < -0.3 is 4.90 Å². The number of halogens is 1. The van der Waals surface area contributed by atoms with Gasteiger partial charge in [-0.05, 0) is 48.3 Å². The third kappa shape index (κ3) is 3.40. The van der Waals surface area contributed by atoms with Gasteiger partial charge in [0.1, 0.15) is 0 Å². The molecule has 0 N–H and O–H groups in total. The normalized spacial score (nSPS) is 20.3. The van der Waals surface area contributed by atoms with E-state index in [0.717, 1.165) is 11.4 Å². The Morgan fingerprint density at radius 1 is 1.33 bits per heavy atom. The minimum Gasteiger partial charge on any atom is -0.316 e. The van der Waals surface area contributed by atoms with Crippen LogP contribution >= 0.6 is 11.6 Å². The maximum absolute atomic E-state index is 6.05. The van der Waals surface area contributed by atoms with Crippen LogP contribution in [0.15, 0.2) is 71.5 Å². The highest BCUT2D eigenvalue weighted by molar-refractivity contribution is 6.31. The van der Waals surface area contributed by atoms with E-state index < -0.39 is 0 Å². The molecular weight excluding hydrogens is 316 g/mol. The van der Waals surface area contributed by atoms with Crippen LogP contribution in [0.5, 0.6) is 0 Å². The fourth-order valence-corrected chi connectivity index (χ4v) is 3.64. The number of hydrogen-bond donors (Lipinski definition) is 0. The van der Waals surface area contributed by atoms with E-state index in [2.05, 4.69) is 47.8 Å². The molecule has 3 rings (SSSR count). The molecule has 0 bridgehead atoms. The van der Waals surface area contributed by atoms with Gasteiger partial charge in [0.15, 0.2) is 0 Å². The fraction of sp³-hybridized carbons (Fsp3) is 0.333. The summed E-state index contributed by atoms with van der Waals surface area (Å²) in [6, 6.07) is 2.16. The standard InChI is InChI=1S/C21H23ClN2/c1-3-6-16(4-2)19-12-14-24(21-15-23-13-11-20(19)21)18-8-5-7-17(22)9-10-18/h5,8-16,19H,3-4,6H2,1-2H3. The molecule has 3 heteroatoms. The average Bonchev–Trinajstić information content (AvgIpc) is 2.83. The van der Waals surface area contributed by atoms with E-state index in [1.54, 1.807) is 0 Å². The van der Waals surface area contributed by atoms with Gasteiger partial charge in [-0.2, -0.15) is 0 Å². The lowest BCUT2D eigenvalue weighted by atomic mass is 9.80. The zero-order valence-electron chi connectivity index (χ0n) is 14.2. The molecule has 1 aromatic heterocycles. The van der Waals surface area contributed by atoms with Gasteiger partial charge in [-0.15, -0.1) is 5.73 Å². The van der Waals surface area contributed by atoms with Crippen LogP contribution in [-0.2, 0) is 0 Å². The maximum Gasteiger partial charge on any atom is 0.0825 e. The molecular formula is C21H23ClN2. The van der Waals surface area contributed by atoms with Crippen LogP contribution < -0.4 is 4.90 Å². The summed E-state index contributed by atoms with van der Waals surface area (Å²) in [7, 11) is 0. The molecule has 0 spiro atoms. The number of aromatic nitrogens is 1. The van der Waals surface area contributed by atoms with Crippen LogP contribution in [0.2, 0.25) is 0 Å². The second-order valence-electron chi connectivity index (χ2n) is 6.21. The highest BCUT2D eigenvalue weighted by atomic mass is 35.5. The fourth-order valence-electron chi connectivity index (χ4n) is 3.52. The Kier molecular flexibility index (Phi) is 5.40. The molecule has 0 aromatic carbocycles. The van der Waals surface area contributed by atoms with Crippen molar-refractivity contribution in [2.75, 3.05) is 4.90 Å². The molecule has 0 radical (unpaired) electrons. The van der Waals surface area contributed by atoms with Gasteiger partial charge in [-0.3, -0.25) is 4.98 Å². The van der Waals surface area contributed by atoms with Crippen LogP contribution in [0.4, 0.5) is 5.69 Å². The first-order valence-corrected chi connectivity index (χ1v) is 9.04. The van der Waals surface area contributed by atoms with Gasteiger partial charge in [0, 0.05) is 24.0 Å².